The minimum Gasteiger partial charge on any atom is -0.456 e. The van der Waals surface area contributed by atoms with Crippen molar-refractivity contribution in [1.29, 1.82) is 0 Å². The summed E-state index contributed by atoms with van der Waals surface area (Å²) < 4.78 is 6.40. The maximum Gasteiger partial charge on any atom is 0.135 e. The SMILES string of the molecule is c1ccc(C2(c3cccc(-c4ccc5c6c(cccc46)-c4ccccc4O5)c3)c3ccccc3-c3ccccc32)cc1. The Kier molecular flexibility index (Phi) is 4.88. The molecule has 0 fully saturated rings. The molecule has 1 heterocycles. The molecule has 0 bridgehead atoms. The van der Waals surface area contributed by atoms with Crippen LogP contribution in [0.5, 0.6) is 11.5 Å². The lowest BCUT2D eigenvalue weighted by Gasteiger charge is -2.34. The molecule has 0 radical (unpaired) electrons. The fourth-order valence-corrected chi connectivity index (χ4v) is 7.46. The molecule has 0 N–H and O–H groups in total. The molecule has 1 aliphatic carbocycles. The van der Waals surface area contributed by atoms with E-state index >= 15 is 0 Å². The summed E-state index contributed by atoms with van der Waals surface area (Å²) in [5.41, 5.74) is 12.2. The quantitative estimate of drug-likeness (QED) is 0.219. The van der Waals surface area contributed by atoms with Gasteiger partial charge in [0.1, 0.15) is 11.5 Å². The Morgan fingerprint density at radius 1 is 0.381 bits per heavy atom. The van der Waals surface area contributed by atoms with Gasteiger partial charge in [0.25, 0.3) is 0 Å². The number of benzene rings is 7. The summed E-state index contributed by atoms with van der Waals surface area (Å²) in [6.07, 6.45) is 0. The molecule has 2 aliphatic rings. The average Bonchev–Trinajstić information content (AvgIpc) is 3.37. The highest BCUT2D eigenvalue weighted by Crippen LogP contribution is 2.56. The lowest BCUT2D eigenvalue weighted by Crippen LogP contribution is -2.28. The maximum absolute atomic E-state index is 6.40. The van der Waals surface area contributed by atoms with Crippen LogP contribution >= 0.6 is 0 Å². The Labute approximate surface area is 245 Å². The van der Waals surface area contributed by atoms with Crippen LogP contribution in [0.4, 0.5) is 0 Å². The minimum atomic E-state index is -0.418. The van der Waals surface area contributed by atoms with E-state index in [2.05, 4.69) is 152 Å². The molecule has 0 aromatic heterocycles. The van der Waals surface area contributed by atoms with Crippen molar-refractivity contribution in [2.45, 2.75) is 5.41 Å². The topological polar surface area (TPSA) is 9.23 Å². The third kappa shape index (κ3) is 3.08. The van der Waals surface area contributed by atoms with E-state index in [9.17, 15) is 0 Å². The number of fused-ring (bicyclic) bond motifs is 5. The van der Waals surface area contributed by atoms with Crippen LogP contribution in [0.2, 0.25) is 0 Å². The van der Waals surface area contributed by atoms with Crippen LogP contribution in [-0.4, -0.2) is 0 Å². The normalized spacial score (nSPS) is 13.6. The van der Waals surface area contributed by atoms with Crippen molar-refractivity contribution in [1.82, 2.24) is 0 Å². The Balaban J connectivity index is 1.32. The van der Waals surface area contributed by atoms with Gasteiger partial charge in [0.05, 0.1) is 5.41 Å². The van der Waals surface area contributed by atoms with Crippen LogP contribution in [-0.2, 0) is 5.41 Å². The van der Waals surface area contributed by atoms with Gasteiger partial charge in [-0.1, -0.05) is 140 Å². The van der Waals surface area contributed by atoms with E-state index in [0.29, 0.717) is 0 Å². The summed E-state index contributed by atoms with van der Waals surface area (Å²) in [4.78, 5) is 0. The second kappa shape index (κ2) is 8.80. The predicted octanol–water partition coefficient (Wildman–Crippen LogP) is 10.6. The maximum atomic E-state index is 6.40. The van der Waals surface area contributed by atoms with Crippen LogP contribution in [0.3, 0.4) is 0 Å². The molecule has 42 heavy (non-hydrogen) atoms. The molecule has 9 rings (SSSR count). The Morgan fingerprint density at radius 3 is 1.79 bits per heavy atom. The van der Waals surface area contributed by atoms with E-state index in [1.165, 1.54) is 60.8 Å². The zero-order chi connectivity index (χ0) is 27.7. The molecule has 7 aromatic rings. The van der Waals surface area contributed by atoms with E-state index in [-0.39, 0.29) is 0 Å². The summed E-state index contributed by atoms with van der Waals surface area (Å²) in [7, 11) is 0. The van der Waals surface area contributed by atoms with Crippen molar-refractivity contribution in [2.75, 3.05) is 0 Å². The molecule has 0 atom stereocenters. The first-order valence-electron chi connectivity index (χ1n) is 14.5. The number of rotatable bonds is 3. The second-order valence-electron chi connectivity index (χ2n) is 11.2. The van der Waals surface area contributed by atoms with Crippen molar-refractivity contribution >= 4 is 10.8 Å². The van der Waals surface area contributed by atoms with Crippen LogP contribution in [0, 0.1) is 0 Å². The van der Waals surface area contributed by atoms with Gasteiger partial charge in [-0.2, -0.15) is 0 Å². The first-order chi connectivity index (χ1) is 20.8. The van der Waals surface area contributed by atoms with Gasteiger partial charge in [0, 0.05) is 10.9 Å². The molecule has 1 aliphatic heterocycles. The molecule has 196 valence electrons. The summed E-state index contributed by atoms with van der Waals surface area (Å²) in [6, 6.07) is 57.3. The summed E-state index contributed by atoms with van der Waals surface area (Å²) in [6.45, 7) is 0. The van der Waals surface area contributed by atoms with Crippen molar-refractivity contribution in [3.63, 3.8) is 0 Å². The monoisotopic (exact) mass is 534 g/mol. The van der Waals surface area contributed by atoms with Crippen LogP contribution in [0.25, 0.3) is 44.2 Å². The molecule has 1 heteroatoms. The smallest absolute Gasteiger partial charge is 0.135 e. The van der Waals surface area contributed by atoms with Crippen molar-refractivity contribution in [2.24, 2.45) is 0 Å². The zero-order valence-electron chi connectivity index (χ0n) is 22.9. The zero-order valence-corrected chi connectivity index (χ0v) is 22.9. The molecule has 0 spiro atoms. The van der Waals surface area contributed by atoms with E-state index in [1.54, 1.807) is 0 Å². The van der Waals surface area contributed by atoms with E-state index in [0.717, 1.165) is 17.1 Å². The number of hydrogen-bond donors (Lipinski definition) is 0. The second-order valence-corrected chi connectivity index (χ2v) is 11.2. The van der Waals surface area contributed by atoms with Gasteiger partial charge >= 0.3 is 0 Å². The van der Waals surface area contributed by atoms with Gasteiger partial charge in [-0.05, 0) is 73.7 Å². The number of para-hydroxylation sites is 1. The fourth-order valence-electron chi connectivity index (χ4n) is 7.46. The lowest BCUT2D eigenvalue weighted by atomic mass is 9.67. The van der Waals surface area contributed by atoms with Crippen molar-refractivity contribution in [3.8, 4) is 44.9 Å². The van der Waals surface area contributed by atoms with Gasteiger partial charge in [-0.3, -0.25) is 0 Å². The van der Waals surface area contributed by atoms with Crippen molar-refractivity contribution < 1.29 is 4.74 Å². The minimum absolute atomic E-state index is 0.418. The van der Waals surface area contributed by atoms with E-state index in [4.69, 9.17) is 4.74 Å². The highest BCUT2D eigenvalue weighted by atomic mass is 16.5. The largest absolute Gasteiger partial charge is 0.456 e. The first-order valence-corrected chi connectivity index (χ1v) is 14.5. The number of ether oxygens (including phenoxy) is 1. The molecular formula is C41H26O. The van der Waals surface area contributed by atoms with Gasteiger partial charge in [0.2, 0.25) is 0 Å². The molecule has 7 aromatic carbocycles. The highest BCUT2D eigenvalue weighted by Gasteiger charge is 2.45. The molecular weight excluding hydrogens is 508 g/mol. The summed E-state index contributed by atoms with van der Waals surface area (Å²) in [5, 5.41) is 2.38. The molecule has 0 unspecified atom stereocenters. The van der Waals surface area contributed by atoms with Gasteiger partial charge < -0.3 is 4.74 Å². The third-order valence-electron chi connectivity index (χ3n) is 9.17. The lowest BCUT2D eigenvalue weighted by molar-refractivity contribution is 0.487. The molecule has 0 saturated carbocycles. The van der Waals surface area contributed by atoms with Gasteiger partial charge in [-0.25, -0.2) is 0 Å². The standard InChI is InChI=1S/C41H26O/c1-2-13-28(14-3-1)41(36-21-7-4-16-31(36)32-17-5-8-22-37(32)41)29-15-10-12-27(26-29)30-24-25-39-40-34(30)19-11-20-35(40)33-18-6-9-23-38(33)42-39/h1-26H. The fraction of sp³-hybridized carbons (Fsp3) is 0.0244. The predicted molar refractivity (Wildman–Crippen MR) is 172 cm³/mol. The van der Waals surface area contributed by atoms with Crippen molar-refractivity contribution in [3.05, 3.63) is 180 Å². The molecule has 1 nitrogen and oxygen atoms in total. The first kappa shape index (κ1) is 23.3. The third-order valence-corrected chi connectivity index (χ3v) is 9.17. The van der Waals surface area contributed by atoms with Crippen LogP contribution < -0.4 is 4.74 Å². The number of hydrogen-bond acceptors (Lipinski definition) is 1. The Bertz CT molecular complexity index is 2130. The molecule has 0 saturated heterocycles. The van der Waals surface area contributed by atoms with E-state index < -0.39 is 5.41 Å². The van der Waals surface area contributed by atoms with Crippen LogP contribution in [0.1, 0.15) is 22.3 Å². The Hall–Kier alpha value is -5.40. The van der Waals surface area contributed by atoms with Gasteiger partial charge in [-0.15, -0.1) is 0 Å². The van der Waals surface area contributed by atoms with Gasteiger partial charge in [0.15, 0.2) is 0 Å². The summed E-state index contributed by atoms with van der Waals surface area (Å²) in [5.74, 6) is 1.83. The Morgan fingerprint density at radius 2 is 1.00 bits per heavy atom. The van der Waals surface area contributed by atoms with Crippen LogP contribution in [0.15, 0.2) is 158 Å². The average molecular weight is 535 g/mol. The molecule has 0 amide bonds. The highest BCUT2D eigenvalue weighted by molar-refractivity contribution is 6.10. The van der Waals surface area contributed by atoms with E-state index in [1.807, 2.05) is 6.07 Å². The summed E-state index contributed by atoms with van der Waals surface area (Å²) >= 11 is 0.